The number of anilines is 1. The van der Waals surface area contributed by atoms with Crippen LogP contribution in [-0.2, 0) is 22.6 Å². The Hall–Kier alpha value is -5.46. The Balaban J connectivity index is 1.06. The Morgan fingerprint density at radius 3 is 2.28 bits per heavy atom. The minimum Gasteiger partial charge on any atom is -0.392 e. The average molecular weight is 714 g/mol. The monoisotopic (exact) mass is 713 g/mol. The van der Waals surface area contributed by atoms with Crippen molar-refractivity contribution in [3.63, 3.8) is 0 Å². The number of carbonyl (C=O) groups excluding carboxylic acids is 1. The molecule has 2 aliphatic rings. The molecule has 5 aromatic rings. The summed E-state index contributed by atoms with van der Waals surface area (Å²) in [7, 11) is 0. The molecule has 7 rings (SSSR count). The number of nitro benzene ring substituents is 1. The van der Waals surface area contributed by atoms with Gasteiger partial charge >= 0.3 is 0 Å². The van der Waals surface area contributed by atoms with E-state index in [2.05, 4.69) is 45.2 Å². The van der Waals surface area contributed by atoms with Gasteiger partial charge in [0.25, 0.3) is 11.6 Å². The van der Waals surface area contributed by atoms with E-state index in [0.29, 0.717) is 12.1 Å². The summed E-state index contributed by atoms with van der Waals surface area (Å²) in [6.07, 6.45) is 2.26. The number of non-ortho nitro benzene ring substituents is 1. The van der Waals surface area contributed by atoms with Crippen LogP contribution in [0.25, 0.3) is 11.1 Å². The van der Waals surface area contributed by atoms with Crippen LogP contribution in [0.3, 0.4) is 0 Å². The van der Waals surface area contributed by atoms with E-state index in [9.17, 15) is 20.0 Å². The molecular formula is C42H43N5O6. The molecule has 1 aromatic heterocycles. The molecule has 53 heavy (non-hydrogen) atoms. The molecule has 0 radical (unpaired) electrons. The van der Waals surface area contributed by atoms with E-state index >= 15 is 0 Å². The van der Waals surface area contributed by atoms with Crippen LogP contribution < -0.4 is 10.2 Å². The van der Waals surface area contributed by atoms with Gasteiger partial charge in [-0.3, -0.25) is 24.8 Å². The van der Waals surface area contributed by atoms with Crippen LogP contribution in [0.2, 0.25) is 0 Å². The van der Waals surface area contributed by atoms with Crippen molar-refractivity contribution in [2.75, 3.05) is 37.6 Å². The topological polar surface area (TPSA) is 130 Å². The van der Waals surface area contributed by atoms with Crippen molar-refractivity contribution in [3.05, 3.63) is 160 Å². The molecule has 11 nitrogen and oxygen atoms in total. The van der Waals surface area contributed by atoms with E-state index < -0.39 is 6.29 Å². The van der Waals surface area contributed by atoms with E-state index in [4.69, 9.17) is 9.47 Å². The van der Waals surface area contributed by atoms with Crippen molar-refractivity contribution >= 4 is 17.3 Å². The maximum absolute atomic E-state index is 12.7. The number of pyridine rings is 1. The molecule has 4 atom stereocenters. The Morgan fingerprint density at radius 1 is 0.887 bits per heavy atom. The fraction of sp³-hybridized carbons (Fsp3) is 0.286. The van der Waals surface area contributed by atoms with E-state index in [0.717, 1.165) is 71.8 Å². The van der Waals surface area contributed by atoms with Gasteiger partial charge in [-0.1, -0.05) is 79.7 Å². The maximum atomic E-state index is 12.7. The third-order valence-electron chi connectivity index (χ3n) is 10.2. The molecule has 1 amide bonds. The number of piperazine rings is 1. The first-order valence-electron chi connectivity index (χ1n) is 17.9. The number of nitrogens with zero attached hydrogens (tertiary/aromatic N) is 4. The van der Waals surface area contributed by atoms with Crippen LogP contribution in [-0.4, -0.2) is 64.6 Å². The second kappa shape index (κ2) is 16.5. The van der Waals surface area contributed by atoms with Crippen LogP contribution in [0.15, 0.2) is 122 Å². The SMILES string of the molecule is C[C@@H]1[C@H](CN2CCN(c3ccc([N+](=O)[O-])cc3)CC2)O[C@H](c2ccc(-c3ccccc3CNC(=O)c3cccnc3)cc2)O[C@@H]1c1ccc(CO)cc1. The number of aliphatic hydroxyl groups excluding tert-OH is 1. The number of amides is 1. The van der Waals surface area contributed by atoms with Gasteiger partial charge in [-0.2, -0.15) is 0 Å². The lowest BCUT2D eigenvalue weighted by Gasteiger charge is -2.44. The molecule has 3 heterocycles. The molecule has 2 N–H and O–H groups in total. The second-order valence-electron chi connectivity index (χ2n) is 13.6. The first kappa shape index (κ1) is 35.9. The van der Waals surface area contributed by atoms with Crippen LogP contribution in [0.1, 0.15) is 51.9 Å². The molecule has 0 bridgehead atoms. The van der Waals surface area contributed by atoms with Gasteiger partial charge in [0.15, 0.2) is 6.29 Å². The van der Waals surface area contributed by atoms with Crippen LogP contribution in [0.5, 0.6) is 0 Å². The zero-order valence-electron chi connectivity index (χ0n) is 29.6. The Kier molecular flexibility index (Phi) is 11.2. The number of aromatic nitrogens is 1. The van der Waals surface area contributed by atoms with Crippen molar-refractivity contribution in [2.24, 2.45) is 5.92 Å². The number of rotatable bonds is 11. The van der Waals surface area contributed by atoms with Crippen molar-refractivity contribution in [2.45, 2.75) is 38.6 Å². The van der Waals surface area contributed by atoms with Crippen molar-refractivity contribution in [3.8, 4) is 11.1 Å². The van der Waals surface area contributed by atoms with Gasteiger partial charge in [-0.25, -0.2) is 0 Å². The molecule has 2 saturated heterocycles. The standard InChI is InChI=1S/C42H43N5O6/c1-29-39(27-45-21-23-46(24-22-45)36-16-18-37(19-17-36)47(50)51)52-42(53-40(29)32-10-8-30(28-48)9-11-32)33-14-12-31(13-15-33)38-7-3-2-5-34(38)26-44-41(49)35-6-4-20-43-25-35/h2-20,25,29,39-40,42,48H,21-24,26-28H2,1H3,(H,44,49)/t29-,39+,40+,42+/m1/s1. The number of aliphatic hydroxyl groups is 1. The summed E-state index contributed by atoms with van der Waals surface area (Å²) in [5.41, 5.74) is 7.43. The number of hydrogen-bond acceptors (Lipinski definition) is 9. The molecule has 0 aliphatic carbocycles. The zero-order chi connectivity index (χ0) is 36.7. The summed E-state index contributed by atoms with van der Waals surface area (Å²) in [5, 5.41) is 23.8. The molecule has 11 heteroatoms. The third kappa shape index (κ3) is 8.45. The van der Waals surface area contributed by atoms with Crippen LogP contribution in [0.4, 0.5) is 11.4 Å². The lowest BCUT2D eigenvalue weighted by atomic mass is 9.89. The summed E-state index contributed by atoms with van der Waals surface area (Å²) in [6, 6.07) is 34.5. The Morgan fingerprint density at radius 2 is 1.60 bits per heavy atom. The highest BCUT2D eigenvalue weighted by atomic mass is 16.7. The largest absolute Gasteiger partial charge is 0.392 e. The van der Waals surface area contributed by atoms with Gasteiger partial charge in [0.2, 0.25) is 0 Å². The van der Waals surface area contributed by atoms with Gasteiger partial charge < -0.3 is 24.8 Å². The van der Waals surface area contributed by atoms with Gasteiger partial charge in [-0.05, 0) is 52.1 Å². The third-order valence-corrected chi connectivity index (χ3v) is 10.2. The number of ether oxygens (including phenoxy) is 2. The number of benzene rings is 4. The minimum absolute atomic E-state index is 0.0199. The summed E-state index contributed by atoms with van der Waals surface area (Å²) in [4.78, 5) is 32.2. The normalized spacial score (nSPS) is 20.5. The number of carbonyl (C=O) groups is 1. The molecule has 4 aromatic carbocycles. The first-order chi connectivity index (χ1) is 25.9. The van der Waals surface area contributed by atoms with Crippen LogP contribution in [0, 0.1) is 16.0 Å². The van der Waals surface area contributed by atoms with Crippen molar-refractivity contribution < 1.29 is 24.3 Å². The molecule has 0 saturated carbocycles. The molecule has 2 fully saturated rings. The molecular weight excluding hydrogens is 670 g/mol. The summed E-state index contributed by atoms with van der Waals surface area (Å²) in [5.74, 6) is -0.127. The predicted octanol–water partition coefficient (Wildman–Crippen LogP) is 6.69. The predicted molar refractivity (Wildman–Crippen MR) is 202 cm³/mol. The number of hydrogen-bond donors (Lipinski definition) is 2. The fourth-order valence-electron chi connectivity index (χ4n) is 7.11. The average Bonchev–Trinajstić information content (AvgIpc) is 3.21. The fourth-order valence-corrected chi connectivity index (χ4v) is 7.11. The summed E-state index contributed by atoms with van der Waals surface area (Å²) in [6.45, 7) is 6.54. The highest BCUT2D eigenvalue weighted by molar-refractivity contribution is 5.93. The Bertz CT molecular complexity index is 1980. The van der Waals surface area contributed by atoms with Crippen LogP contribution >= 0.6 is 0 Å². The quantitative estimate of drug-likeness (QED) is 0.114. The second-order valence-corrected chi connectivity index (χ2v) is 13.6. The van der Waals surface area contributed by atoms with E-state index in [-0.39, 0.29) is 41.3 Å². The summed E-state index contributed by atoms with van der Waals surface area (Å²) < 4.78 is 13.5. The minimum atomic E-state index is -0.594. The van der Waals surface area contributed by atoms with E-state index in [1.165, 1.54) is 0 Å². The zero-order valence-corrected chi connectivity index (χ0v) is 29.6. The van der Waals surface area contributed by atoms with E-state index in [1.54, 1.807) is 36.7 Å². The Labute approximate surface area is 309 Å². The highest BCUT2D eigenvalue weighted by Gasteiger charge is 2.39. The van der Waals surface area contributed by atoms with Gasteiger partial charge in [0.05, 0.1) is 29.3 Å². The molecule has 272 valence electrons. The van der Waals surface area contributed by atoms with Gasteiger partial charge in [-0.15, -0.1) is 0 Å². The van der Waals surface area contributed by atoms with Gasteiger partial charge in [0.1, 0.15) is 0 Å². The van der Waals surface area contributed by atoms with Crippen molar-refractivity contribution in [1.29, 1.82) is 0 Å². The summed E-state index contributed by atoms with van der Waals surface area (Å²) >= 11 is 0. The lowest BCUT2D eigenvalue weighted by Crippen LogP contribution is -2.51. The number of nitro groups is 1. The maximum Gasteiger partial charge on any atom is 0.269 e. The first-order valence-corrected chi connectivity index (χ1v) is 17.9. The van der Waals surface area contributed by atoms with Gasteiger partial charge in [0, 0.05) is 81.0 Å². The highest BCUT2D eigenvalue weighted by Crippen LogP contribution is 2.42. The van der Waals surface area contributed by atoms with Crippen molar-refractivity contribution in [1.82, 2.24) is 15.2 Å². The van der Waals surface area contributed by atoms with E-state index in [1.807, 2.05) is 66.7 Å². The molecule has 2 aliphatic heterocycles. The molecule has 0 unspecified atom stereocenters. The smallest absolute Gasteiger partial charge is 0.269 e. The molecule has 0 spiro atoms. The lowest BCUT2D eigenvalue weighted by molar-refractivity contribution is -0.384. The number of nitrogens with one attached hydrogen (secondary N) is 1.